The summed E-state index contributed by atoms with van der Waals surface area (Å²) in [6, 6.07) is 7.33. The third-order valence-electron chi connectivity index (χ3n) is 2.87. The molecule has 0 aromatic carbocycles. The van der Waals surface area contributed by atoms with Gasteiger partial charge in [-0.15, -0.1) is 0 Å². The fourth-order valence-electron chi connectivity index (χ4n) is 1.91. The van der Waals surface area contributed by atoms with Gasteiger partial charge in [0.25, 0.3) is 0 Å². The number of pyridine rings is 1. The largest absolute Gasteiger partial charge is 0.444 e. The summed E-state index contributed by atoms with van der Waals surface area (Å²) in [5.41, 5.74) is -0.687. The quantitative estimate of drug-likeness (QED) is 0.402. The van der Waals surface area contributed by atoms with Gasteiger partial charge in [-0.1, -0.05) is 6.07 Å². The highest BCUT2D eigenvalue weighted by molar-refractivity contribution is 7.98. The molecule has 0 atom stereocenters. The molecule has 1 heterocycles. The van der Waals surface area contributed by atoms with Crippen molar-refractivity contribution in [2.75, 3.05) is 5.75 Å². The average Bonchev–Trinajstić information content (AvgIpc) is 2.55. The van der Waals surface area contributed by atoms with Crippen molar-refractivity contribution in [3.8, 4) is 6.07 Å². The molecule has 1 aromatic heterocycles. The molecule has 0 fully saturated rings. The minimum atomic E-state index is -0.777. The van der Waals surface area contributed by atoms with Gasteiger partial charge in [-0.25, -0.2) is 14.6 Å². The maximum absolute atomic E-state index is 12.1. The van der Waals surface area contributed by atoms with Crippen LogP contribution in [0.5, 0.6) is 0 Å². The van der Waals surface area contributed by atoms with Crippen LogP contribution >= 0.6 is 11.8 Å². The number of nitrogens with one attached hydrogen (secondary N) is 2. The molecule has 30 heavy (non-hydrogen) atoms. The second-order valence-corrected chi connectivity index (χ2v) is 9.27. The third kappa shape index (κ3) is 11.9. The maximum Gasteiger partial charge on any atom is 0.414 e. The summed E-state index contributed by atoms with van der Waals surface area (Å²) >= 11 is 1.58. The fourth-order valence-corrected chi connectivity index (χ4v) is 2.66. The van der Waals surface area contributed by atoms with Crippen LogP contribution in [0.3, 0.4) is 0 Å². The number of carbonyl (C=O) groups excluding carboxylic acids is 2. The summed E-state index contributed by atoms with van der Waals surface area (Å²) in [6.45, 7) is 10.3. The smallest absolute Gasteiger partial charge is 0.414 e. The first kappa shape index (κ1) is 25.2. The summed E-state index contributed by atoms with van der Waals surface area (Å²) in [5, 5.41) is 13.4. The van der Waals surface area contributed by atoms with Crippen molar-refractivity contribution in [1.29, 1.82) is 5.26 Å². The molecule has 1 rings (SSSR count). The predicted molar refractivity (Wildman–Crippen MR) is 116 cm³/mol. The predicted octanol–water partition coefficient (Wildman–Crippen LogP) is 4.27. The summed E-state index contributed by atoms with van der Waals surface area (Å²) in [6.07, 6.45) is -1.09. The van der Waals surface area contributed by atoms with Gasteiger partial charge in [-0.2, -0.15) is 22.0 Å². The molecule has 0 aliphatic carbocycles. The number of thioether (sulfide) groups is 1. The first-order valence-corrected chi connectivity index (χ1v) is 10.5. The highest BCUT2D eigenvalue weighted by atomic mass is 32.2. The molecule has 2 amide bonds. The molecular weight excluding hydrogens is 406 g/mol. The Morgan fingerprint density at radius 1 is 1.10 bits per heavy atom. The first-order valence-electron chi connectivity index (χ1n) is 9.37. The molecule has 0 saturated heterocycles. The number of rotatable bonds is 5. The van der Waals surface area contributed by atoms with E-state index >= 15 is 0 Å². The zero-order valence-electron chi connectivity index (χ0n) is 18.2. The molecule has 10 heteroatoms. The number of carbonyl (C=O) groups is 2. The van der Waals surface area contributed by atoms with Gasteiger partial charge < -0.3 is 9.47 Å². The Balaban J connectivity index is 2.99. The van der Waals surface area contributed by atoms with E-state index in [-0.39, 0.29) is 11.8 Å². The highest BCUT2D eigenvalue weighted by Gasteiger charge is 2.21. The lowest BCUT2D eigenvalue weighted by Crippen LogP contribution is -2.47. The average molecular weight is 436 g/mol. The second kappa shape index (κ2) is 11.4. The van der Waals surface area contributed by atoms with Gasteiger partial charge in [-0.05, 0) is 53.7 Å². The fraction of sp³-hybridized carbons (Fsp3) is 0.550. The van der Waals surface area contributed by atoms with E-state index in [4.69, 9.17) is 14.7 Å². The molecule has 0 saturated carbocycles. The second-order valence-electron chi connectivity index (χ2n) is 8.16. The molecule has 0 unspecified atom stereocenters. The number of nitriles is 1. The summed E-state index contributed by atoms with van der Waals surface area (Å²) in [4.78, 5) is 32.9. The molecule has 2 N–H and O–H groups in total. The molecule has 1 aromatic rings. The van der Waals surface area contributed by atoms with E-state index in [1.807, 2.05) is 6.07 Å². The van der Waals surface area contributed by atoms with E-state index in [1.165, 1.54) is 0 Å². The Hall–Kier alpha value is -2.80. The lowest BCUT2D eigenvalue weighted by Gasteiger charge is -2.22. The minimum Gasteiger partial charge on any atom is -0.444 e. The molecule has 0 radical (unpaired) electrons. The van der Waals surface area contributed by atoms with Crippen LogP contribution in [0.2, 0.25) is 0 Å². The van der Waals surface area contributed by atoms with E-state index in [0.29, 0.717) is 17.9 Å². The summed E-state index contributed by atoms with van der Waals surface area (Å²) in [5.74, 6) is 1.44. The van der Waals surface area contributed by atoms with E-state index in [1.54, 1.807) is 65.4 Å². The van der Waals surface area contributed by atoms with Crippen LogP contribution < -0.4 is 10.6 Å². The van der Waals surface area contributed by atoms with Crippen molar-refractivity contribution in [1.82, 2.24) is 15.6 Å². The summed E-state index contributed by atoms with van der Waals surface area (Å²) in [7, 11) is 0. The Morgan fingerprint density at radius 3 is 2.17 bits per heavy atom. The van der Waals surface area contributed by atoms with Crippen molar-refractivity contribution < 1.29 is 19.1 Å². The Labute approximate surface area is 181 Å². The van der Waals surface area contributed by atoms with Gasteiger partial charge in [0.2, 0.25) is 5.96 Å². The van der Waals surface area contributed by atoms with Crippen LogP contribution in [0, 0.1) is 11.3 Å². The standard InChI is InChI=1S/C20H29N5O4S/c1-19(2,3)28-17(26)24-16(25-18(27)29-20(4,5)6)23-15-10-7-9-14(22-15)13-30-12-8-11-21/h7,9-10H,8,12-13H2,1-6H3,(H2,22,23,24,25,26,27). The first-order chi connectivity index (χ1) is 13.9. The van der Waals surface area contributed by atoms with Crippen molar-refractivity contribution in [3.05, 3.63) is 23.9 Å². The third-order valence-corrected chi connectivity index (χ3v) is 3.86. The monoisotopic (exact) mass is 435 g/mol. The van der Waals surface area contributed by atoms with Gasteiger partial charge in [0.05, 0.1) is 11.8 Å². The highest BCUT2D eigenvalue weighted by Crippen LogP contribution is 2.15. The molecule has 0 spiro atoms. The minimum absolute atomic E-state index is 0.166. The van der Waals surface area contributed by atoms with Crippen molar-refractivity contribution in [2.45, 2.75) is 64.9 Å². The summed E-state index contributed by atoms with van der Waals surface area (Å²) < 4.78 is 10.4. The zero-order chi connectivity index (χ0) is 22.8. The number of nitrogens with zero attached hydrogens (tertiary/aromatic N) is 3. The lowest BCUT2D eigenvalue weighted by atomic mass is 10.2. The van der Waals surface area contributed by atoms with Crippen LogP contribution in [-0.2, 0) is 15.2 Å². The van der Waals surface area contributed by atoms with E-state index < -0.39 is 23.4 Å². The number of hydrogen-bond acceptors (Lipinski definition) is 8. The molecule has 9 nitrogen and oxygen atoms in total. The number of alkyl carbamates (subject to hydrolysis) is 2. The van der Waals surface area contributed by atoms with E-state index in [9.17, 15) is 9.59 Å². The van der Waals surface area contributed by atoms with Gasteiger partial charge in [0.15, 0.2) is 5.82 Å². The lowest BCUT2D eigenvalue weighted by molar-refractivity contribution is 0.0545. The van der Waals surface area contributed by atoms with Crippen LogP contribution in [-0.4, -0.2) is 40.1 Å². The van der Waals surface area contributed by atoms with Gasteiger partial charge >= 0.3 is 12.2 Å². The molecule has 0 bridgehead atoms. The number of aromatic nitrogens is 1. The van der Waals surface area contributed by atoms with Crippen LogP contribution in [0.25, 0.3) is 0 Å². The van der Waals surface area contributed by atoms with Gasteiger partial charge in [-0.3, -0.25) is 10.6 Å². The topological polar surface area (TPSA) is 126 Å². The Kier molecular flexibility index (Phi) is 9.59. The van der Waals surface area contributed by atoms with E-state index in [0.717, 1.165) is 5.69 Å². The van der Waals surface area contributed by atoms with Crippen molar-refractivity contribution >= 4 is 35.7 Å². The zero-order valence-corrected chi connectivity index (χ0v) is 19.1. The molecule has 0 aliphatic rings. The number of aliphatic imine (C=N–C) groups is 1. The van der Waals surface area contributed by atoms with Crippen molar-refractivity contribution in [3.63, 3.8) is 0 Å². The maximum atomic E-state index is 12.1. The number of hydrogen-bond donors (Lipinski definition) is 2. The molecule has 164 valence electrons. The SMILES string of the molecule is CC(C)(C)OC(=O)NC(=Nc1cccc(CSCCC#N)n1)NC(=O)OC(C)(C)C. The Morgan fingerprint density at radius 2 is 1.67 bits per heavy atom. The normalized spacial score (nSPS) is 11.1. The number of guanidine groups is 1. The number of amides is 2. The Bertz CT molecular complexity index is 775. The van der Waals surface area contributed by atoms with Gasteiger partial charge in [0, 0.05) is 17.9 Å². The number of ether oxygens (including phenoxy) is 2. The molecular formula is C20H29N5O4S. The van der Waals surface area contributed by atoms with Crippen LogP contribution in [0.1, 0.15) is 53.7 Å². The van der Waals surface area contributed by atoms with Crippen LogP contribution in [0.15, 0.2) is 23.2 Å². The van der Waals surface area contributed by atoms with Gasteiger partial charge in [0.1, 0.15) is 11.2 Å². The van der Waals surface area contributed by atoms with Crippen molar-refractivity contribution in [2.24, 2.45) is 4.99 Å². The van der Waals surface area contributed by atoms with Crippen LogP contribution in [0.4, 0.5) is 15.4 Å². The molecule has 0 aliphatic heterocycles. The van der Waals surface area contributed by atoms with E-state index in [2.05, 4.69) is 26.7 Å².